The first-order valence-corrected chi connectivity index (χ1v) is 7.55. The summed E-state index contributed by atoms with van der Waals surface area (Å²) in [6.07, 6.45) is 4.35. The number of nitrogens with zero attached hydrogens (tertiary/aromatic N) is 1. The molecule has 0 radical (unpaired) electrons. The highest BCUT2D eigenvalue weighted by Crippen LogP contribution is 2.36. The van der Waals surface area contributed by atoms with Gasteiger partial charge < -0.3 is 10.2 Å². The Hall–Kier alpha value is -0.710. The molecule has 1 fully saturated rings. The predicted molar refractivity (Wildman–Crippen MR) is 80.3 cm³/mol. The summed E-state index contributed by atoms with van der Waals surface area (Å²) in [6.45, 7) is 5.98. The number of amides is 2. The smallest absolute Gasteiger partial charge is 0.245 e. The first kappa shape index (κ1) is 16.3. The maximum absolute atomic E-state index is 12.3. The van der Waals surface area contributed by atoms with Gasteiger partial charge in [-0.1, -0.05) is 13.8 Å². The van der Waals surface area contributed by atoms with Crippen molar-refractivity contribution in [3.8, 4) is 0 Å². The van der Waals surface area contributed by atoms with Gasteiger partial charge in [0, 0.05) is 25.8 Å². The summed E-state index contributed by atoms with van der Waals surface area (Å²) in [5, 5.41) is 2.66. The second kappa shape index (κ2) is 6.64. The van der Waals surface area contributed by atoms with E-state index in [0.29, 0.717) is 11.2 Å². The van der Waals surface area contributed by atoms with E-state index in [9.17, 15) is 9.59 Å². The van der Waals surface area contributed by atoms with Crippen LogP contribution in [0.25, 0.3) is 0 Å². The Morgan fingerprint density at radius 1 is 1.37 bits per heavy atom. The first-order chi connectivity index (χ1) is 8.76. The van der Waals surface area contributed by atoms with Crippen LogP contribution < -0.4 is 5.32 Å². The average Bonchev–Trinajstić information content (AvgIpc) is 2.34. The van der Waals surface area contributed by atoms with E-state index in [0.717, 1.165) is 25.7 Å². The van der Waals surface area contributed by atoms with Crippen molar-refractivity contribution in [1.29, 1.82) is 0 Å². The minimum absolute atomic E-state index is 0.0325. The molecule has 1 rings (SSSR count). The van der Waals surface area contributed by atoms with Crippen molar-refractivity contribution in [2.75, 3.05) is 12.8 Å². The number of hydrogen-bond acceptors (Lipinski definition) is 3. The molecule has 1 aliphatic carbocycles. The molecule has 0 aromatic rings. The number of thiol groups is 1. The van der Waals surface area contributed by atoms with Crippen LogP contribution in [0.3, 0.4) is 0 Å². The third-order valence-corrected chi connectivity index (χ3v) is 4.43. The van der Waals surface area contributed by atoms with Crippen molar-refractivity contribution in [2.45, 2.75) is 58.5 Å². The van der Waals surface area contributed by atoms with Crippen molar-refractivity contribution >= 4 is 24.4 Å². The molecule has 1 unspecified atom stereocenters. The molecule has 2 amide bonds. The monoisotopic (exact) mass is 286 g/mol. The fourth-order valence-corrected chi connectivity index (χ4v) is 2.88. The van der Waals surface area contributed by atoms with E-state index in [1.807, 2.05) is 7.05 Å². The lowest BCUT2D eigenvalue weighted by Gasteiger charge is -2.39. The summed E-state index contributed by atoms with van der Waals surface area (Å²) in [4.78, 5) is 25.2. The number of likely N-dealkylation sites (N-methyl/N-ethyl adjacent to an activating group) is 1. The van der Waals surface area contributed by atoms with Gasteiger partial charge in [0.05, 0.1) is 0 Å². The molecule has 0 saturated heterocycles. The molecule has 1 saturated carbocycles. The van der Waals surface area contributed by atoms with Gasteiger partial charge in [-0.25, -0.2) is 0 Å². The van der Waals surface area contributed by atoms with Crippen LogP contribution in [0.15, 0.2) is 0 Å². The number of carbonyl (C=O) groups is 2. The highest BCUT2D eigenvalue weighted by Gasteiger charge is 2.32. The van der Waals surface area contributed by atoms with E-state index < -0.39 is 6.04 Å². The first-order valence-electron chi connectivity index (χ1n) is 6.91. The molecule has 1 atom stereocenters. The Morgan fingerprint density at radius 2 is 1.89 bits per heavy atom. The van der Waals surface area contributed by atoms with E-state index in [1.165, 1.54) is 6.92 Å². The van der Waals surface area contributed by atoms with Crippen molar-refractivity contribution in [2.24, 2.45) is 5.41 Å². The standard InChI is InChI=1S/C14H26N2O2S/c1-10(17)15-12(9-19)13(18)16(4)11-5-7-14(2,3)8-6-11/h11-12,19H,5-9H2,1-4H3,(H,15,17). The lowest BCUT2D eigenvalue weighted by Crippen LogP contribution is -2.51. The minimum Gasteiger partial charge on any atom is -0.344 e. The molecular weight excluding hydrogens is 260 g/mol. The average molecular weight is 286 g/mol. The molecular formula is C14H26N2O2S. The Labute approximate surface area is 121 Å². The summed E-state index contributed by atoms with van der Waals surface area (Å²) >= 11 is 4.15. The van der Waals surface area contributed by atoms with Gasteiger partial charge in [0.2, 0.25) is 11.8 Å². The zero-order valence-corrected chi connectivity index (χ0v) is 13.3. The molecule has 0 aromatic carbocycles. The van der Waals surface area contributed by atoms with Crippen LogP contribution in [-0.2, 0) is 9.59 Å². The highest BCUT2D eigenvalue weighted by molar-refractivity contribution is 7.80. The molecule has 19 heavy (non-hydrogen) atoms. The topological polar surface area (TPSA) is 49.4 Å². The zero-order valence-electron chi connectivity index (χ0n) is 12.4. The van der Waals surface area contributed by atoms with Gasteiger partial charge in [0.1, 0.15) is 6.04 Å². The van der Waals surface area contributed by atoms with Crippen LogP contribution in [0.1, 0.15) is 46.5 Å². The van der Waals surface area contributed by atoms with Gasteiger partial charge >= 0.3 is 0 Å². The van der Waals surface area contributed by atoms with Crippen LogP contribution in [-0.4, -0.2) is 41.6 Å². The van der Waals surface area contributed by atoms with Crippen molar-refractivity contribution < 1.29 is 9.59 Å². The lowest BCUT2D eigenvalue weighted by atomic mass is 9.75. The van der Waals surface area contributed by atoms with E-state index in [2.05, 4.69) is 31.8 Å². The molecule has 0 aliphatic heterocycles. The van der Waals surface area contributed by atoms with Crippen molar-refractivity contribution in [1.82, 2.24) is 10.2 Å². The van der Waals surface area contributed by atoms with Gasteiger partial charge in [-0.05, 0) is 31.1 Å². The second-order valence-corrected chi connectivity index (χ2v) is 6.65. The molecule has 1 aliphatic rings. The van der Waals surface area contributed by atoms with Gasteiger partial charge in [0.15, 0.2) is 0 Å². The third kappa shape index (κ3) is 4.71. The van der Waals surface area contributed by atoms with Crippen LogP contribution in [0.5, 0.6) is 0 Å². The molecule has 110 valence electrons. The summed E-state index contributed by atoms with van der Waals surface area (Å²) in [5.74, 6) is 0.113. The molecule has 0 bridgehead atoms. The fraction of sp³-hybridized carbons (Fsp3) is 0.857. The van der Waals surface area contributed by atoms with E-state index in [1.54, 1.807) is 4.90 Å². The number of nitrogens with one attached hydrogen (secondary N) is 1. The number of carbonyl (C=O) groups excluding carboxylic acids is 2. The Balaban J connectivity index is 2.59. The third-order valence-electron chi connectivity index (χ3n) is 4.06. The number of hydrogen-bond donors (Lipinski definition) is 2. The zero-order chi connectivity index (χ0) is 14.6. The maximum atomic E-state index is 12.3. The second-order valence-electron chi connectivity index (χ2n) is 6.28. The minimum atomic E-state index is -0.513. The summed E-state index contributed by atoms with van der Waals surface area (Å²) in [5.41, 5.74) is 0.390. The SMILES string of the molecule is CC(=O)NC(CS)C(=O)N(C)C1CCC(C)(C)CC1. The van der Waals surface area contributed by atoms with Gasteiger partial charge in [0.25, 0.3) is 0 Å². The van der Waals surface area contributed by atoms with Gasteiger partial charge in [-0.15, -0.1) is 0 Å². The molecule has 0 aromatic heterocycles. The van der Waals surface area contributed by atoms with Crippen LogP contribution >= 0.6 is 12.6 Å². The molecule has 0 heterocycles. The van der Waals surface area contributed by atoms with E-state index in [-0.39, 0.29) is 17.9 Å². The van der Waals surface area contributed by atoms with E-state index in [4.69, 9.17) is 0 Å². The van der Waals surface area contributed by atoms with Crippen LogP contribution in [0.4, 0.5) is 0 Å². The molecule has 5 heteroatoms. The largest absolute Gasteiger partial charge is 0.344 e. The quantitative estimate of drug-likeness (QED) is 0.775. The van der Waals surface area contributed by atoms with Gasteiger partial charge in [-0.2, -0.15) is 12.6 Å². The van der Waals surface area contributed by atoms with Gasteiger partial charge in [-0.3, -0.25) is 9.59 Å². The van der Waals surface area contributed by atoms with E-state index >= 15 is 0 Å². The highest BCUT2D eigenvalue weighted by atomic mass is 32.1. The predicted octanol–water partition coefficient (Wildman–Crippen LogP) is 1.85. The molecule has 1 N–H and O–H groups in total. The Bertz CT molecular complexity index is 334. The van der Waals surface area contributed by atoms with Crippen LogP contribution in [0.2, 0.25) is 0 Å². The molecule has 4 nitrogen and oxygen atoms in total. The summed E-state index contributed by atoms with van der Waals surface area (Å²) < 4.78 is 0. The number of rotatable bonds is 4. The van der Waals surface area contributed by atoms with Crippen molar-refractivity contribution in [3.05, 3.63) is 0 Å². The normalized spacial score (nSPS) is 20.7. The maximum Gasteiger partial charge on any atom is 0.245 e. The summed E-state index contributed by atoms with van der Waals surface area (Å²) in [6, 6.07) is -0.225. The van der Waals surface area contributed by atoms with Crippen LogP contribution in [0, 0.1) is 5.41 Å². The fourth-order valence-electron chi connectivity index (χ4n) is 2.63. The Morgan fingerprint density at radius 3 is 2.32 bits per heavy atom. The lowest BCUT2D eigenvalue weighted by molar-refractivity contribution is -0.137. The summed E-state index contributed by atoms with van der Waals surface area (Å²) in [7, 11) is 1.84. The molecule has 0 spiro atoms. The van der Waals surface area contributed by atoms with Crippen molar-refractivity contribution in [3.63, 3.8) is 0 Å². The Kier molecular flexibility index (Phi) is 5.71.